The van der Waals surface area contributed by atoms with Gasteiger partial charge in [0.05, 0.1) is 11.9 Å². The van der Waals surface area contributed by atoms with Crippen molar-refractivity contribution in [1.82, 2.24) is 10.2 Å². The molecular formula is C31H39N3O4S. The number of nitrogens with zero attached hydrogens (tertiary/aromatic N) is 2. The van der Waals surface area contributed by atoms with E-state index in [1.165, 1.54) is 4.90 Å². The number of rotatable bonds is 13. The van der Waals surface area contributed by atoms with Crippen LogP contribution >= 0.6 is 0 Å². The summed E-state index contributed by atoms with van der Waals surface area (Å²) in [5.41, 5.74) is 3.92. The fourth-order valence-electron chi connectivity index (χ4n) is 4.44. The van der Waals surface area contributed by atoms with Gasteiger partial charge in [0, 0.05) is 19.5 Å². The molecule has 0 radical (unpaired) electrons. The van der Waals surface area contributed by atoms with Crippen LogP contribution in [0.15, 0.2) is 78.9 Å². The second-order valence-electron chi connectivity index (χ2n) is 9.85. The van der Waals surface area contributed by atoms with Crippen LogP contribution in [0.4, 0.5) is 5.69 Å². The normalized spacial score (nSPS) is 12.0. The van der Waals surface area contributed by atoms with Gasteiger partial charge in [-0.15, -0.1) is 0 Å². The highest BCUT2D eigenvalue weighted by atomic mass is 32.2. The Morgan fingerprint density at radius 1 is 0.872 bits per heavy atom. The van der Waals surface area contributed by atoms with Gasteiger partial charge in [0.15, 0.2) is 0 Å². The SMILES string of the molecule is CCCCNC(=O)[C@H](Cc1ccccc1)N(Cc1ccccc1)C(=O)CN(c1cccc(C)c1C)S(C)(=O)=O. The second kappa shape index (κ2) is 13.9. The minimum Gasteiger partial charge on any atom is -0.354 e. The Labute approximate surface area is 232 Å². The van der Waals surface area contributed by atoms with Crippen molar-refractivity contribution in [3.05, 3.63) is 101 Å². The van der Waals surface area contributed by atoms with Crippen molar-refractivity contribution < 1.29 is 18.0 Å². The first-order valence-electron chi connectivity index (χ1n) is 13.3. The molecule has 0 aromatic heterocycles. The number of amides is 2. The van der Waals surface area contributed by atoms with Crippen LogP contribution in [-0.2, 0) is 32.6 Å². The lowest BCUT2D eigenvalue weighted by Crippen LogP contribution is -2.53. The van der Waals surface area contributed by atoms with Crippen LogP contribution < -0.4 is 9.62 Å². The van der Waals surface area contributed by atoms with Crippen molar-refractivity contribution in [3.8, 4) is 0 Å². The highest BCUT2D eigenvalue weighted by Gasteiger charge is 2.33. The summed E-state index contributed by atoms with van der Waals surface area (Å²) in [4.78, 5) is 29.2. The van der Waals surface area contributed by atoms with Gasteiger partial charge >= 0.3 is 0 Å². The van der Waals surface area contributed by atoms with Gasteiger partial charge in [-0.2, -0.15) is 0 Å². The van der Waals surface area contributed by atoms with Crippen LogP contribution in [0.25, 0.3) is 0 Å². The molecule has 8 heteroatoms. The summed E-state index contributed by atoms with van der Waals surface area (Å²) < 4.78 is 27.1. The first-order chi connectivity index (χ1) is 18.6. The fourth-order valence-corrected chi connectivity index (χ4v) is 5.34. The number of carbonyl (C=O) groups excluding carboxylic acids is 2. The number of benzene rings is 3. The highest BCUT2D eigenvalue weighted by molar-refractivity contribution is 7.92. The smallest absolute Gasteiger partial charge is 0.244 e. The minimum atomic E-state index is -3.80. The van der Waals surface area contributed by atoms with Gasteiger partial charge < -0.3 is 10.2 Å². The average Bonchev–Trinajstić information content (AvgIpc) is 2.91. The molecule has 3 aromatic rings. The third-order valence-electron chi connectivity index (χ3n) is 6.82. The first kappa shape index (κ1) is 29.9. The third kappa shape index (κ3) is 8.42. The number of nitrogens with one attached hydrogen (secondary N) is 1. The van der Waals surface area contributed by atoms with Gasteiger partial charge in [0.2, 0.25) is 21.8 Å². The van der Waals surface area contributed by atoms with Gasteiger partial charge in [-0.25, -0.2) is 8.42 Å². The third-order valence-corrected chi connectivity index (χ3v) is 7.95. The average molecular weight is 550 g/mol. The van der Waals surface area contributed by atoms with E-state index in [1.807, 2.05) is 87.5 Å². The van der Waals surface area contributed by atoms with Crippen LogP contribution in [0.1, 0.15) is 42.0 Å². The number of anilines is 1. The summed E-state index contributed by atoms with van der Waals surface area (Å²) in [5.74, 6) is -0.703. The van der Waals surface area contributed by atoms with Gasteiger partial charge in [-0.1, -0.05) is 86.1 Å². The minimum absolute atomic E-state index is 0.169. The van der Waals surface area contributed by atoms with Gasteiger partial charge in [-0.05, 0) is 48.6 Å². The molecular weight excluding hydrogens is 510 g/mol. The van der Waals surface area contributed by atoms with E-state index >= 15 is 0 Å². The molecule has 0 saturated carbocycles. The van der Waals surface area contributed by atoms with E-state index in [0.29, 0.717) is 18.7 Å². The lowest BCUT2D eigenvalue weighted by atomic mass is 10.0. The summed E-state index contributed by atoms with van der Waals surface area (Å²) in [6.07, 6.45) is 3.16. The molecule has 208 valence electrons. The van der Waals surface area contributed by atoms with Gasteiger partial charge in [0.25, 0.3) is 0 Å². The van der Waals surface area contributed by atoms with Crippen molar-refractivity contribution in [2.24, 2.45) is 0 Å². The Balaban J connectivity index is 2.04. The number of carbonyl (C=O) groups is 2. The molecule has 39 heavy (non-hydrogen) atoms. The van der Waals surface area contributed by atoms with E-state index in [0.717, 1.165) is 45.7 Å². The quantitative estimate of drug-likeness (QED) is 0.315. The lowest BCUT2D eigenvalue weighted by molar-refractivity contribution is -0.140. The van der Waals surface area contributed by atoms with Crippen molar-refractivity contribution >= 4 is 27.5 Å². The molecule has 0 fully saturated rings. The zero-order chi connectivity index (χ0) is 28.4. The molecule has 1 N–H and O–H groups in total. The molecule has 3 aromatic carbocycles. The number of aryl methyl sites for hydroxylation is 1. The van der Waals surface area contributed by atoms with Crippen molar-refractivity contribution in [1.29, 1.82) is 0 Å². The summed E-state index contributed by atoms with van der Waals surface area (Å²) in [7, 11) is -3.80. The second-order valence-corrected chi connectivity index (χ2v) is 11.8. The van der Waals surface area contributed by atoms with Crippen molar-refractivity contribution in [2.45, 2.75) is 52.6 Å². The van der Waals surface area contributed by atoms with Gasteiger partial charge in [-0.3, -0.25) is 13.9 Å². The Kier molecular flexibility index (Phi) is 10.7. The number of hydrogen-bond acceptors (Lipinski definition) is 4. The fraction of sp³-hybridized carbons (Fsp3) is 0.355. The molecule has 2 amide bonds. The van der Waals surface area contributed by atoms with Crippen LogP contribution in [0.3, 0.4) is 0 Å². The Bertz CT molecular complexity index is 1340. The predicted octanol–water partition coefficient (Wildman–Crippen LogP) is 4.63. The number of sulfonamides is 1. The van der Waals surface area contributed by atoms with Gasteiger partial charge in [0.1, 0.15) is 12.6 Å². The monoisotopic (exact) mass is 549 g/mol. The lowest BCUT2D eigenvalue weighted by Gasteiger charge is -2.34. The van der Waals surface area contributed by atoms with Crippen LogP contribution in [0.5, 0.6) is 0 Å². The predicted molar refractivity (Wildman–Crippen MR) is 157 cm³/mol. The Hall–Kier alpha value is -3.65. The number of hydrogen-bond donors (Lipinski definition) is 1. The molecule has 7 nitrogen and oxygen atoms in total. The molecule has 0 unspecified atom stereocenters. The molecule has 0 aliphatic carbocycles. The van der Waals surface area contributed by atoms with E-state index in [1.54, 1.807) is 12.1 Å². The zero-order valence-electron chi connectivity index (χ0n) is 23.3. The van der Waals surface area contributed by atoms with E-state index in [2.05, 4.69) is 5.32 Å². The molecule has 0 aliphatic rings. The van der Waals surface area contributed by atoms with Crippen LogP contribution in [-0.4, -0.2) is 50.5 Å². The van der Waals surface area contributed by atoms with E-state index < -0.39 is 28.5 Å². The molecule has 0 bridgehead atoms. The van der Waals surface area contributed by atoms with E-state index in [9.17, 15) is 18.0 Å². The summed E-state index contributed by atoms with van der Waals surface area (Å²) >= 11 is 0. The summed E-state index contributed by atoms with van der Waals surface area (Å²) in [6.45, 7) is 6.05. The topological polar surface area (TPSA) is 86.8 Å². The molecule has 0 heterocycles. The summed E-state index contributed by atoms with van der Waals surface area (Å²) in [5, 5.41) is 2.99. The molecule has 0 saturated heterocycles. The van der Waals surface area contributed by atoms with E-state index in [-0.39, 0.29) is 12.5 Å². The molecule has 3 rings (SSSR count). The Morgan fingerprint density at radius 2 is 1.49 bits per heavy atom. The molecule has 0 aliphatic heterocycles. The highest BCUT2D eigenvalue weighted by Crippen LogP contribution is 2.26. The van der Waals surface area contributed by atoms with E-state index in [4.69, 9.17) is 0 Å². The summed E-state index contributed by atoms with van der Waals surface area (Å²) in [6, 6.07) is 23.6. The first-order valence-corrected chi connectivity index (χ1v) is 15.2. The maximum atomic E-state index is 14.1. The molecule has 1 atom stereocenters. The largest absolute Gasteiger partial charge is 0.354 e. The van der Waals surface area contributed by atoms with Crippen molar-refractivity contribution in [3.63, 3.8) is 0 Å². The number of unbranched alkanes of at least 4 members (excludes halogenated alkanes) is 1. The van der Waals surface area contributed by atoms with Crippen molar-refractivity contribution in [2.75, 3.05) is 23.7 Å². The zero-order valence-corrected chi connectivity index (χ0v) is 24.1. The maximum Gasteiger partial charge on any atom is 0.244 e. The maximum absolute atomic E-state index is 14.1. The molecule has 0 spiro atoms. The van der Waals surface area contributed by atoms with Crippen LogP contribution in [0, 0.1) is 13.8 Å². The van der Waals surface area contributed by atoms with Crippen LogP contribution in [0.2, 0.25) is 0 Å². The standard InChI is InChI=1S/C31H39N3O4S/c1-5-6-20-32-31(36)29(21-26-15-9-7-10-16-26)33(22-27-17-11-8-12-18-27)30(35)23-34(39(4,37)38)28-19-13-14-24(2)25(28)3/h7-19,29H,5-6,20-23H2,1-4H3,(H,32,36)/t29-/m0/s1. The Morgan fingerprint density at radius 3 is 2.08 bits per heavy atom.